The molecule has 3 atom stereocenters. The summed E-state index contributed by atoms with van der Waals surface area (Å²) in [6.07, 6.45) is 0. The van der Waals surface area contributed by atoms with Crippen LogP contribution in [0.3, 0.4) is 0 Å². The standard InChI is InChI=1S/C24H43NO3P4/c1-21(2,3)16-15(19(26)27-13)25(30-29-16)31-17(22(4,5)6)18(23(7,8)9)32(28-14)20(31)24(10,11)12/h20H,1-14H3. The van der Waals surface area contributed by atoms with Crippen molar-refractivity contribution >= 4 is 38.1 Å². The van der Waals surface area contributed by atoms with Crippen LogP contribution in [0.15, 0.2) is 10.6 Å². The molecule has 0 N–H and O–H groups in total. The summed E-state index contributed by atoms with van der Waals surface area (Å²) in [5.41, 5.74) is 0.706. The van der Waals surface area contributed by atoms with Gasteiger partial charge in [0.05, 0.1) is 28.7 Å². The van der Waals surface area contributed by atoms with E-state index in [1.165, 1.54) is 30.9 Å². The third kappa shape index (κ3) is 5.37. The third-order valence-electron chi connectivity index (χ3n) is 5.47. The van der Waals surface area contributed by atoms with Crippen LogP contribution in [0.1, 0.15) is 98.9 Å². The van der Waals surface area contributed by atoms with E-state index in [0.717, 1.165) is 13.7 Å². The number of carbonyl (C=O) groups excluding carboxylic acids is 1. The zero-order chi connectivity index (χ0) is 25.0. The van der Waals surface area contributed by atoms with Crippen molar-refractivity contribution < 1.29 is 14.1 Å². The lowest BCUT2D eigenvalue weighted by atomic mass is 9.88. The Morgan fingerprint density at radius 1 is 0.844 bits per heavy atom. The molecule has 0 saturated carbocycles. The second-order valence-corrected chi connectivity index (χ2v) is 19.8. The summed E-state index contributed by atoms with van der Waals surface area (Å²) in [4.78, 5) is 13.2. The van der Waals surface area contributed by atoms with Crippen molar-refractivity contribution in [2.45, 2.75) is 93.9 Å². The first-order valence-electron chi connectivity index (χ1n) is 11.2. The fourth-order valence-corrected chi connectivity index (χ4v) is 18.0. The van der Waals surface area contributed by atoms with Crippen LogP contribution in [-0.2, 0) is 14.7 Å². The Kier molecular flexibility index (Phi) is 8.27. The zero-order valence-electron chi connectivity index (χ0n) is 22.5. The number of ether oxygens (including phenoxy) is 1. The highest BCUT2D eigenvalue weighted by Crippen LogP contribution is 2.84. The van der Waals surface area contributed by atoms with E-state index in [-0.39, 0.29) is 27.6 Å². The predicted octanol–water partition coefficient (Wildman–Crippen LogP) is 9.71. The van der Waals surface area contributed by atoms with E-state index in [0.29, 0.717) is 5.40 Å². The first-order chi connectivity index (χ1) is 14.3. The van der Waals surface area contributed by atoms with Crippen molar-refractivity contribution in [2.75, 3.05) is 14.2 Å². The molecule has 1 aliphatic heterocycles. The topological polar surface area (TPSA) is 40.5 Å². The molecule has 0 aliphatic carbocycles. The van der Waals surface area contributed by atoms with Crippen molar-refractivity contribution in [2.24, 2.45) is 16.2 Å². The Morgan fingerprint density at radius 3 is 1.69 bits per heavy atom. The molecule has 0 radical (unpaired) electrons. The van der Waals surface area contributed by atoms with Gasteiger partial charge in [0.1, 0.15) is 5.69 Å². The third-order valence-corrected chi connectivity index (χ3v) is 17.3. The van der Waals surface area contributed by atoms with Crippen LogP contribution in [0.25, 0.3) is 0 Å². The average molecular weight is 518 g/mol. The largest absolute Gasteiger partial charge is 0.464 e. The minimum Gasteiger partial charge on any atom is -0.464 e. The number of hydrogen-bond donors (Lipinski definition) is 0. The van der Waals surface area contributed by atoms with Gasteiger partial charge in [0.15, 0.2) is 0 Å². The summed E-state index contributed by atoms with van der Waals surface area (Å²) >= 11 is 0. The Labute approximate surface area is 202 Å². The molecule has 1 aromatic rings. The number of aromatic nitrogens is 1. The lowest BCUT2D eigenvalue weighted by Gasteiger charge is -2.39. The Hall–Kier alpha value is 0.170. The number of nitrogens with zero attached hydrogens (tertiary/aromatic N) is 1. The summed E-state index contributed by atoms with van der Waals surface area (Å²) < 4.78 is 14.2. The molecule has 0 saturated heterocycles. The Morgan fingerprint density at radius 2 is 1.34 bits per heavy atom. The van der Waals surface area contributed by atoms with Gasteiger partial charge in [0, 0.05) is 20.5 Å². The van der Waals surface area contributed by atoms with E-state index in [9.17, 15) is 4.79 Å². The highest BCUT2D eigenvalue weighted by molar-refractivity contribution is 7.94. The van der Waals surface area contributed by atoms with E-state index >= 15 is 0 Å². The lowest BCUT2D eigenvalue weighted by Crippen LogP contribution is -2.26. The zero-order valence-corrected chi connectivity index (χ0v) is 26.1. The van der Waals surface area contributed by atoms with Gasteiger partial charge < -0.3 is 9.26 Å². The monoisotopic (exact) mass is 517 g/mol. The smallest absolute Gasteiger partial charge is 0.355 e. The molecule has 182 valence electrons. The maximum Gasteiger partial charge on any atom is 0.355 e. The van der Waals surface area contributed by atoms with Gasteiger partial charge in [-0.3, -0.25) is 4.10 Å². The molecule has 0 spiro atoms. The molecule has 0 aromatic carbocycles. The van der Waals surface area contributed by atoms with Gasteiger partial charge >= 0.3 is 5.97 Å². The van der Waals surface area contributed by atoms with Gasteiger partial charge in [-0.25, -0.2) is 4.79 Å². The Bertz CT molecular complexity index is 892. The lowest BCUT2D eigenvalue weighted by molar-refractivity contribution is 0.0591. The van der Waals surface area contributed by atoms with E-state index in [1.54, 1.807) is 0 Å². The first kappa shape index (κ1) is 28.4. The molecule has 0 amide bonds. The fraction of sp³-hybridized carbons (Fsp3) is 0.792. The van der Waals surface area contributed by atoms with Crippen LogP contribution in [0.2, 0.25) is 0 Å². The SMILES string of the molecule is COC(=O)c1c(C(C)(C)C)ppn1P1C(C(C)(C)C)=C(C(C)(C)C)P(OC)C1C(C)(C)C. The molecule has 0 bridgehead atoms. The van der Waals surface area contributed by atoms with Crippen molar-refractivity contribution in [3.8, 4) is 0 Å². The van der Waals surface area contributed by atoms with Gasteiger partial charge in [-0.05, 0) is 40.2 Å². The predicted molar refractivity (Wildman–Crippen MR) is 145 cm³/mol. The Balaban J connectivity index is 3.03. The first-order valence-corrected chi connectivity index (χ1v) is 16.3. The quantitative estimate of drug-likeness (QED) is 0.296. The molecular weight excluding hydrogens is 474 g/mol. The summed E-state index contributed by atoms with van der Waals surface area (Å²) in [6, 6.07) is 0. The summed E-state index contributed by atoms with van der Waals surface area (Å²) in [5, 5.41) is 4.50. The van der Waals surface area contributed by atoms with Crippen molar-refractivity contribution in [3.05, 3.63) is 21.6 Å². The van der Waals surface area contributed by atoms with Crippen molar-refractivity contribution in [3.63, 3.8) is 0 Å². The highest BCUT2D eigenvalue weighted by Gasteiger charge is 2.55. The van der Waals surface area contributed by atoms with Crippen LogP contribution < -0.4 is 0 Å². The molecule has 4 nitrogen and oxygen atoms in total. The molecule has 1 aliphatic rings. The molecule has 32 heavy (non-hydrogen) atoms. The van der Waals surface area contributed by atoms with Gasteiger partial charge in [-0.15, -0.1) is 0 Å². The minimum atomic E-state index is -0.810. The van der Waals surface area contributed by atoms with E-state index in [4.69, 9.17) is 9.26 Å². The van der Waals surface area contributed by atoms with E-state index in [1.807, 2.05) is 7.11 Å². The second kappa shape index (κ2) is 9.32. The molecule has 3 unspecified atom stereocenters. The molecule has 8 heteroatoms. The summed E-state index contributed by atoms with van der Waals surface area (Å²) in [5.74, 6) is -0.207. The maximum absolute atomic E-state index is 13.2. The number of methoxy groups -OCH3 is 1. The van der Waals surface area contributed by atoms with E-state index < -0.39 is 16.2 Å². The van der Waals surface area contributed by atoms with Gasteiger partial charge in [0.2, 0.25) is 0 Å². The minimum absolute atomic E-state index is 0.00123. The number of allylic oxidation sites excluding steroid dienone is 2. The molecule has 2 heterocycles. The summed E-state index contributed by atoms with van der Waals surface area (Å²) in [7, 11) is 4.11. The molecule has 0 fully saturated rings. The number of esters is 1. The summed E-state index contributed by atoms with van der Waals surface area (Å²) in [6.45, 7) is 27.5. The molecular formula is C24H43NO3P4. The van der Waals surface area contributed by atoms with Crippen molar-refractivity contribution in [1.29, 1.82) is 0 Å². The number of rotatable bonds is 3. The van der Waals surface area contributed by atoms with E-state index in [2.05, 4.69) is 87.2 Å². The highest BCUT2D eigenvalue weighted by atomic mass is 31.8. The maximum atomic E-state index is 13.2. The van der Waals surface area contributed by atoms with Gasteiger partial charge in [-0.2, -0.15) is 0 Å². The van der Waals surface area contributed by atoms with Gasteiger partial charge in [-0.1, -0.05) is 83.1 Å². The van der Waals surface area contributed by atoms with Crippen LogP contribution in [-0.4, -0.2) is 29.7 Å². The van der Waals surface area contributed by atoms with Crippen LogP contribution in [0, 0.1) is 16.2 Å². The fourth-order valence-electron chi connectivity index (χ4n) is 4.25. The second-order valence-electron chi connectivity index (χ2n) is 12.7. The average Bonchev–Trinajstić information content (AvgIpc) is 3.18. The molecule has 2 rings (SSSR count). The number of hydrogen-bond acceptors (Lipinski definition) is 3. The van der Waals surface area contributed by atoms with Crippen LogP contribution in [0.5, 0.6) is 0 Å². The van der Waals surface area contributed by atoms with Gasteiger partial charge in [0.25, 0.3) is 0 Å². The van der Waals surface area contributed by atoms with Crippen LogP contribution >= 0.6 is 32.1 Å². The molecule has 1 aromatic heterocycles. The number of carbonyl (C=O) groups is 1. The normalized spacial score (nSPS) is 23.6. The van der Waals surface area contributed by atoms with Crippen molar-refractivity contribution in [1.82, 2.24) is 4.10 Å². The van der Waals surface area contributed by atoms with Crippen LogP contribution in [0.4, 0.5) is 0 Å².